The maximum absolute atomic E-state index is 13.0. The molecular formula is C20H28N2O4. The van der Waals surface area contributed by atoms with Gasteiger partial charge in [-0.05, 0) is 56.4 Å². The van der Waals surface area contributed by atoms with Crippen LogP contribution in [0.25, 0.3) is 0 Å². The van der Waals surface area contributed by atoms with Crippen LogP contribution in [0.1, 0.15) is 40.7 Å². The molecule has 6 nitrogen and oxygen atoms in total. The summed E-state index contributed by atoms with van der Waals surface area (Å²) in [6.45, 7) is 7.07. The van der Waals surface area contributed by atoms with E-state index in [-0.39, 0.29) is 17.9 Å². The molecular weight excluding hydrogens is 332 g/mol. The van der Waals surface area contributed by atoms with Crippen molar-refractivity contribution in [2.45, 2.75) is 39.2 Å². The maximum Gasteiger partial charge on any atom is 0.254 e. The predicted molar refractivity (Wildman–Crippen MR) is 98.5 cm³/mol. The summed E-state index contributed by atoms with van der Waals surface area (Å²) in [7, 11) is 1.64. The van der Waals surface area contributed by atoms with E-state index in [0.29, 0.717) is 38.3 Å². The molecule has 2 amide bonds. The predicted octanol–water partition coefficient (Wildman–Crippen LogP) is 2.17. The molecule has 2 heterocycles. The number of nitrogens with zero attached hydrogens (tertiary/aromatic N) is 2. The monoisotopic (exact) mass is 360 g/mol. The Kier molecular flexibility index (Phi) is 5.81. The van der Waals surface area contributed by atoms with Crippen LogP contribution in [-0.4, -0.2) is 67.6 Å². The Balaban J connectivity index is 1.68. The van der Waals surface area contributed by atoms with Crippen LogP contribution in [0.2, 0.25) is 0 Å². The van der Waals surface area contributed by atoms with Gasteiger partial charge in [0.15, 0.2) is 0 Å². The van der Waals surface area contributed by atoms with Gasteiger partial charge in [0, 0.05) is 38.3 Å². The van der Waals surface area contributed by atoms with Gasteiger partial charge < -0.3 is 19.3 Å². The number of ether oxygens (including phenoxy) is 2. The molecule has 0 aromatic heterocycles. The van der Waals surface area contributed by atoms with Crippen LogP contribution in [0.3, 0.4) is 0 Å². The molecule has 0 N–H and O–H groups in total. The average molecular weight is 360 g/mol. The fourth-order valence-electron chi connectivity index (χ4n) is 3.74. The van der Waals surface area contributed by atoms with Crippen LogP contribution in [0.4, 0.5) is 0 Å². The number of hydrogen-bond donors (Lipinski definition) is 0. The highest BCUT2D eigenvalue weighted by molar-refractivity contribution is 5.96. The topological polar surface area (TPSA) is 59.1 Å². The number of hydrogen-bond acceptors (Lipinski definition) is 4. The minimum Gasteiger partial charge on any atom is -0.496 e. The summed E-state index contributed by atoms with van der Waals surface area (Å²) in [6, 6.07) is 3.68. The molecule has 2 aliphatic rings. The first kappa shape index (κ1) is 18.7. The zero-order valence-electron chi connectivity index (χ0n) is 15.9. The molecule has 0 saturated carbocycles. The van der Waals surface area contributed by atoms with Crippen LogP contribution < -0.4 is 4.74 Å². The Morgan fingerprint density at radius 3 is 2.46 bits per heavy atom. The number of benzene rings is 1. The van der Waals surface area contributed by atoms with E-state index in [9.17, 15) is 9.59 Å². The number of carbonyl (C=O) groups excluding carboxylic acids is 2. The van der Waals surface area contributed by atoms with E-state index in [4.69, 9.17) is 9.47 Å². The molecule has 0 radical (unpaired) electrons. The molecule has 2 aliphatic heterocycles. The molecule has 0 aliphatic carbocycles. The Hall–Kier alpha value is -2.08. The highest BCUT2D eigenvalue weighted by Gasteiger charge is 2.30. The third-order valence-corrected chi connectivity index (χ3v) is 5.49. The summed E-state index contributed by atoms with van der Waals surface area (Å²) in [5.41, 5.74) is 2.65. The van der Waals surface area contributed by atoms with Crippen molar-refractivity contribution in [1.29, 1.82) is 0 Å². The normalized spacial score (nSPS) is 20.8. The molecule has 0 spiro atoms. The first-order valence-electron chi connectivity index (χ1n) is 9.36. The number of amides is 2. The summed E-state index contributed by atoms with van der Waals surface area (Å²) in [5, 5.41) is 0. The Morgan fingerprint density at radius 1 is 1.04 bits per heavy atom. The van der Waals surface area contributed by atoms with Gasteiger partial charge in [-0.1, -0.05) is 0 Å². The van der Waals surface area contributed by atoms with Crippen molar-refractivity contribution in [3.8, 4) is 5.75 Å². The molecule has 26 heavy (non-hydrogen) atoms. The van der Waals surface area contributed by atoms with Crippen molar-refractivity contribution in [2.75, 3.05) is 39.9 Å². The van der Waals surface area contributed by atoms with Crippen molar-refractivity contribution < 1.29 is 19.1 Å². The van der Waals surface area contributed by atoms with Gasteiger partial charge in [-0.15, -0.1) is 0 Å². The standard InChI is InChI=1S/C20H28N2O4/c1-14-15(2)17(25-3)8-7-16(14)19(23)21-9-5-10-22(12-11-21)20(24)18-6-4-13-26-18/h7-8,18H,4-6,9-13H2,1-3H3. The molecule has 3 rings (SSSR count). The largest absolute Gasteiger partial charge is 0.496 e. The quantitative estimate of drug-likeness (QED) is 0.829. The van der Waals surface area contributed by atoms with Gasteiger partial charge in [0.1, 0.15) is 11.9 Å². The van der Waals surface area contributed by atoms with Gasteiger partial charge in [0.2, 0.25) is 0 Å². The third kappa shape index (κ3) is 3.70. The highest BCUT2D eigenvalue weighted by Crippen LogP contribution is 2.25. The molecule has 0 bridgehead atoms. The highest BCUT2D eigenvalue weighted by atomic mass is 16.5. The van der Waals surface area contributed by atoms with Crippen LogP contribution >= 0.6 is 0 Å². The van der Waals surface area contributed by atoms with Crippen molar-refractivity contribution in [2.24, 2.45) is 0 Å². The summed E-state index contributed by atoms with van der Waals surface area (Å²) in [4.78, 5) is 29.3. The fraction of sp³-hybridized carbons (Fsp3) is 0.600. The fourth-order valence-corrected chi connectivity index (χ4v) is 3.74. The molecule has 2 fully saturated rings. The summed E-state index contributed by atoms with van der Waals surface area (Å²) < 4.78 is 10.9. The molecule has 1 aromatic rings. The molecule has 1 atom stereocenters. The molecule has 6 heteroatoms. The number of rotatable bonds is 3. The van der Waals surface area contributed by atoms with Gasteiger partial charge in [0.05, 0.1) is 7.11 Å². The maximum atomic E-state index is 13.0. The smallest absolute Gasteiger partial charge is 0.254 e. The Bertz CT molecular complexity index is 683. The van der Waals surface area contributed by atoms with Gasteiger partial charge >= 0.3 is 0 Å². The summed E-state index contributed by atoms with van der Waals surface area (Å²) in [5.74, 6) is 0.899. The summed E-state index contributed by atoms with van der Waals surface area (Å²) >= 11 is 0. The van der Waals surface area contributed by atoms with E-state index in [1.165, 1.54) is 0 Å². The van der Waals surface area contributed by atoms with Crippen LogP contribution in [0.15, 0.2) is 12.1 Å². The van der Waals surface area contributed by atoms with Crippen molar-refractivity contribution >= 4 is 11.8 Å². The van der Waals surface area contributed by atoms with Crippen LogP contribution in [0, 0.1) is 13.8 Å². The zero-order chi connectivity index (χ0) is 18.7. The number of carbonyl (C=O) groups is 2. The van der Waals surface area contributed by atoms with E-state index in [1.807, 2.05) is 35.8 Å². The van der Waals surface area contributed by atoms with E-state index < -0.39 is 0 Å². The lowest BCUT2D eigenvalue weighted by Crippen LogP contribution is -2.41. The second-order valence-corrected chi connectivity index (χ2v) is 7.04. The lowest BCUT2D eigenvalue weighted by atomic mass is 10.0. The second kappa shape index (κ2) is 8.08. The van der Waals surface area contributed by atoms with Crippen LogP contribution in [0.5, 0.6) is 5.75 Å². The summed E-state index contributed by atoms with van der Waals surface area (Å²) in [6.07, 6.45) is 2.26. The van der Waals surface area contributed by atoms with Gasteiger partial charge in [-0.25, -0.2) is 0 Å². The van der Waals surface area contributed by atoms with Crippen molar-refractivity contribution in [1.82, 2.24) is 9.80 Å². The second-order valence-electron chi connectivity index (χ2n) is 7.04. The SMILES string of the molecule is COc1ccc(C(=O)N2CCCN(C(=O)C3CCCO3)CC2)c(C)c1C. The van der Waals surface area contributed by atoms with Gasteiger partial charge in [-0.3, -0.25) is 9.59 Å². The Labute approximate surface area is 155 Å². The van der Waals surface area contributed by atoms with Crippen molar-refractivity contribution in [3.63, 3.8) is 0 Å². The van der Waals surface area contributed by atoms with E-state index in [0.717, 1.165) is 36.1 Å². The van der Waals surface area contributed by atoms with E-state index in [2.05, 4.69) is 0 Å². The first-order chi connectivity index (χ1) is 12.5. The first-order valence-corrected chi connectivity index (χ1v) is 9.36. The van der Waals surface area contributed by atoms with E-state index in [1.54, 1.807) is 7.11 Å². The number of methoxy groups -OCH3 is 1. The molecule has 1 unspecified atom stereocenters. The van der Waals surface area contributed by atoms with Crippen LogP contribution in [-0.2, 0) is 9.53 Å². The zero-order valence-corrected chi connectivity index (χ0v) is 15.9. The minimum atomic E-state index is -0.288. The molecule has 1 aromatic carbocycles. The minimum absolute atomic E-state index is 0.0275. The lowest BCUT2D eigenvalue weighted by molar-refractivity contribution is -0.140. The average Bonchev–Trinajstić information content (AvgIpc) is 3.07. The van der Waals surface area contributed by atoms with Crippen molar-refractivity contribution in [3.05, 3.63) is 28.8 Å². The van der Waals surface area contributed by atoms with E-state index >= 15 is 0 Å². The Morgan fingerprint density at radius 2 is 1.77 bits per heavy atom. The third-order valence-electron chi connectivity index (χ3n) is 5.49. The lowest BCUT2D eigenvalue weighted by Gasteiger charge is -2.24. The molecule has 2 saturated heterocycles. The van der Waals surface area contributed by atoms with Gasteiger partial charge in [0.25, 0.3) is 11.8 Å². The van der Waals surface area contributed by atoms with Gasteiger partial charge in [-0.2, -0.15) is 0 Å². The molecule has 142 valence electrons.